The third kappa shape index (κ3) is 4.66. The number of β-lactam (4-membered cyclic amide) rings is 1. The highest BCUT2D eigenvalue weighted by Gasteiger charge is 2.55. The van der Waals surface area contributed by atoms with Gasteiger partial charge in [-0.05, 0) is 0 Å². The first kappa shape index (κ1) is 25.5. The molecule has 2 aliphatic heterocycles. The number of carboxylic acids is 2. The van der Waals surface area contributed by atoms with E-state index in [9.17, 15) is 39.4 Å². The van der Waals surface area contributed by atoms with E-state index in [-0.39, 0.29) is 40.1 Å². The van der Waals surface area contributed by atoms with Gasteiger partial charge in [-0.15, -0.1) is 11.8 Å². The standard InChI is InChI=1S/C19H16N8O8S2/c20-12(28)7-1-2-26(4-8(7)17(31)32)3-6-5-36-16-10(15(30)27(16)11(6)18(33)34)22-14(29)9(24-35)13-23-19(21)37-25-13/h1-2,4,10,16H,3,5H2,(H7-,20,21,22,23,25,28,29,31,32,33,34,35)/p+1/t10-,16+/m1/s1. The second kappa shape index (κ2) is 9.82. The molecule has 0 saturated carbocycles. The Kier molecular flexibility index (Phi) is 6.77. The molecule has 0 aromatic carbocycles. The van der Waals surface area contributed by atoms with Gasteiger partial charge in [-0.2, -0.15) is 9.36 Å². The highest BCUT2D eigenvalue weighted by atomic mass is 32.2. The molecule has 0 radical (unpaired) electrons. The molecule has 2 aromatic heterocycles. The van der Waals surface area contributed by atoms with Gasteiger partial charge in [-0.3, -0.25) is 19.3 Å². The van der Waals surface area contributed by atoms with Crippen LogP contribution in [0.5, 0.6) is 0 Å². The number of aromatic nitrogens is 3. The van der Waals surface area contributed by atoms with Crippen molar-refractivity contribution >= 4 is 63.8 Å². The first-order valence-corrected chi connectivity index (χ1v) is 11.9. The van der Waals surface area contributed by atoms with Crippen molar-refractivity contribution < 1.29 is 44.0 Å². The highest BCUT2D eigenvalue weighted by molar-refractivity contribution is 8.00. The highest BCUT2D eigenvalue weighted by Crippen LogP contribution is 2.40. The average Bonchev–Trinajstić information content (AvgIpc) is 3.27. The van der Waals surface area contributed by atoms with Crippen molar-refractivity contribution in [3.05, 3.63) is 46.7 Å². The molecule has 8 N–H and O–H groups in total. The van der Waals surface area contributed by atoms with Crippen LogP contribution in [-0.2, 0) is 20.9 Å². The van der Waals surface area contributed by atoms with Gasteiger partial charge in [0.05, 0.1) is 5.56 Å². The van der Waals surface area contributed by atoms with Gasteiger partial charge >= 0.3 is 11.9 Å². The molecule has 18 heteroatoms. The lowest BCUT2D eigenvalue weighted by atomic mass is 10.0. The molecule has 16 nitrogen and oxygen atoms in total. The molecule has 0 spiro atoms. The molecular weight excluding hydrogens is 532 g/mol. The summed E-state index contributed by atoms with van der Waals surface area (Å²) in [7, 11) is 0. The molecule has 2 atom stereocenters. The van der Waals surface area contributed by atoms with Crippen LogP contribution in [0.15, 0.2) is 34.9 Å². The lowest BCUT2D eigenvalue weighted by Crippen LogP contribution is -2.71. The molecular formula is C19H17N8O8S2+. The van der Waals surface area contributed by atoms with Crippen molar-refractivity contribution in [2.75, 3.05) is 11.5 Å². The van der Waals surface area contributed by atoms with Crippen LogP contribution in [0.4, 0.5) is 5.13 Å². The third-order valence-electron chi connectivity index (χ3n) is 5.39. The minimum absolute atomic E-state index is 0.0269. The molecule has 0 unspecified atom stereocenters. The molecule has 4 heterocycles. The number of carbonyl (C=O) groups is 5. The topological polar surface area (TPSA) is 255 Å². The van der Waals surface area contributed by atoms with Crippen LogP contribution in [0.2, 0.25) is 0 Å². The molecule has 37 heavy (non-hydrogen) atoms. The first-order valence-electron chi connectivity index (χ1n) is 10.1. The van der Waals surface area contributed by atoms with Crippen LogP contribution in [0, 0.1) is 0 Å². The number of amides is 3. The van der Waals surface area contributed by atoms with Gasteiger partial charge in [-0.1, -0.05) is 5.16 Å². The Morgan fingerprint density at radius 1 is 1.24 bits per heavy atom. The van der Waals surface area contributed by atoms with Gasteiger partial charge in [0.2, 0.25) is 17.4 Å². The SMILES string of the molecule is NC(=O)c1cc[n+](CC2=C(C(=O)O)N3C(=O)[C@@H](NC(=O)/C(=N\O)c4nsc(N)n4)[C@@H]3SC2)cc1C(=O)O. The molecule has 3 amide bonds. The quantitative estimate of drug-likeness (QED) is 0.0675. The van der Waals surface area contributed by atoms with E-state index in [1.807, 2.05) is 0 Å². The summed E-state index contributed by atoms with van der Waals surface area (Å²) in [4.78, 5) is 65.3. The van der Waals surface area contributed by atoms with Gasteiger partial charge < -0.3 is 32.2 Å². The molecule has 0 aliphatic carbocycles. The number of carboxylic acid groups (broad SMARTS) is 2. The summed E-state index contributed by atoms with van der Waals surface area (Å²) in [5, 5.41) is 33.0. The number of primary amides is 1. The van der Waals surface area contributed by atoms with Gasteiger partial charge in [-0.25, -0.2) is 14.2 Å². The summed E-state index contributed by atoms with van der Waals surface area (Å²) in [5.74, 6) is -5.52. The number of aromatic carboxylic acids is 1. The van der Waals surface area contributed by atoms with Crippen LogP contribution in [-0.4, -0.2) is 82.2 Å². The number of fused-ring (bicyclic) bond motifs is 1. The van der Waals surface area contributed by atoms with Gasteiger partial charge in [0.15, 0.2) is 24.1 Å². The number of nitrogens with one attached hydrogen (secondary N) is 1. The van der Waals surface area contributed by atoms with Crippen molar-refractivity contribution in [1.29, 1.82) is 0 Å². The van der Waals surface area contributed by atoms with Crippen LogP contribution >= 0.6 is 23.3 Å². The number of aliphatic carboxylic acids is 1. The number of rotatable bonds is 8. The zero-order chi connectivity index (χ0) is 27.0. The summed E-state index contributed by atoms with van der Waals surface area (Å²) < 4.78 is 5.14. The van der Waals surface area contributed by atoms with E-state index in [2.05, 4.69) is 19.8 Å². The largest absolute Gasteiger partial charge is 0.477 e. The normalized spacial score (nSPS) is 19.2. The van der Waals surface area contributed by atoms with Gasteiger partial charge in [0.25, 0.3) is 11.8 Å². The monoisotopic (exact) mass is 549 g/mol. The first-order chi connectivity index (χ1) is 17.5. The zero-order valence-electron chi connectivity index (χ0n) is 18.4. The average molecular weight is 550 g/mol. The van der Waals surface area contributed by atoms with E-state index < -0.39 is 46.8 Å². The fourth-order valence-corrected chi connectivity index (χ4v) is 5.55. The van der Waals surface area contributed by atoms with E-state index in [0.29, 0.717) is 5.57 Å². The maximum atomic E-state index is 12.9. The number of anilines is 1. The fraction of sp³-hybridized carbons (Fsp3) is 0.211. The smallest absolute Gasteiger partial charge is 0.352 e. The van der Waals surface area contributed by atoms with Crippen LogP contribution in [0.1, 0.15) is 26.5 Å². The number of oxime groups is 1. The summed E-state index contributed by atoms with van der Waals surface area (Å²) in [6.07, 6.45) is 2.51. The number of hydrogen-bond acceptors (Lipinski definition) is 12. The molecule has 1 saturated heterocycles. The van der Waals surface area contributed by atoms with E-state index in [0.717, 1.165) is 22.6 Å². The van der Waals surface area contributed by atoms with E-state index >= 15 is 0 Å². The van der Waals surface area contributed by atoms with Gasteiger partial charge in [0.1, 0.15) is 22.7 Å². The number of pyridine rings is 1. The fourth-order valence-electron chi connectivity index (χ4n) is 3.78. The lowest BCUT2D eigenvalue weighted by Gasteiger charge is -2.49. The van der Waals surface area contributed by atoms with Crippen molar-refractivity contribution in [1.82, 2.24) is 19.6 Å². The predicted octanol–water partition coefficient (Wildman–Crippen LogP) is -2.18. The number of nitrogens with two attached hydrogens (primary N) is 2. The molecule has 1 fully saturated rings. The van der Waals surface area contributed by atoms with Crippen LogP contribution in [0.3, 0.4) is 0 Å². The number of hydrogen-bond donors (Lipinski definition) is 6. The molecule has 2 aromatic rings. The van der Waals surface area contributed by atoms with Crippen LogP contribution < -0.4 is 21.4 Å². The lowest BCUT2D eigenvalue weighted by molar-refractivity contribution is -0.689. The number of nitrogen functional groups attached to an aromatic ring is 1. The van der Waals surface area contributed by atoms with Crippen LogP contribution in [0.25, 0.3) is 0 Å². The number of carbonyl (C=O) groups excluding carboxylic acids is 3. The number of nitrogens with zero attached hydrogens (tertiary/aromatic N) is 5. The second-order valence-electron chi connectivity index (χ2n) is 7.64. The van der Waals surface area contributed by atoms with Crippen molar-refractivity contribution in [3.8, 4) is 0 Å². The minimum atomic E-state index is -1.40. The Balaban J connectivity index is 1.56. The molecule has 192 valence electrons. The minimum Gasteiger partial charge on any atom is -0.477 e. The van der Waals surface area contributed by atoms with Crippen molar-refractivity contribution in [3.63, 3.8) is 0 Å². The van der Waals surface area contributed by atoms with Gasteiger partial charge in [0, 0.05) is 28.9 Å². The zero-order valence-corrected chi connectivity index (χ0v) is 20.0. The predicted molar refractivity (Wildman–Crippen MR) is 124 cm³/mol. The molecule has 0 bridgehead atoms. The summed E-state index contributed by atoms with van der Waals surface area (Å²) >= 11 is 1.94. The Morgan fingerprint density at radius 3 is 2.54 bits per heavy atom. The molecule has 2 aliphatic rings. The summed E-state index contributed by atoms with van der Waals surface area (Å²) in [5.41, 5.74) is 9.51. The van der Waals surface area contributed by atoms with E-state index in [1.165, 1.54) is 28.6 Å². The van der Waals surface area contributed by atoms with Crippen molar-refractivity contribution in [2.24, 2.45) is 10.9 Å². The second-order valence-corrected chi connectivity index (χ2v) is 9.53. The number of thioether (sulfide) groups is 1. The summed E-state index contributed by atoms with van der Waals surface area (Å²) in [6, 6.07) is 0.0825. The summed E-state index contributed by atoms with van der Waals surface area (Å²) in [6.45, 7) is -0.0975. The maximum Gasteiger partial charge on any atom is 0.352 e. The van der Waals surface area contributed by atoms with E-state index in [1.54, 1.807) is 0 Å². The Labute approximate surface area is 214 Å². The molecule has 4 rings (SSSR count). The Bertz CT molecular complexity index is 1420. The van der Waals surface area contributed by atoms with Crippen molar-refractivity contribution in [2.45, 2.75) is 18.0 Å². The Hall–Kier alpha value is -4.58. The maximum absolute atomic E-state index is 12.9. The third-order valence-corrected chi connectivity index (χ3v) is 7.27. The van der Waals surface area contributed by atoms with E-state index in [4.69, 9.17) is 11.5 Å². The Morgan fingerprint density at radius 2 is 1.97 bits per heavy atom.